The minimum atomic E-state index is 0.199. The molecule has 0 aromatic carbocycles. The number of unbranched alkanes of at least 4 members (excludes halogenated alkanes) is 2. The van der Waals surface area contributed by atoms with Crippen molar-refractivity contribution >= 4 is 0 Å². The van der Waals surface area contributed by atoms with Crippen LogP contribution in [0.15, 0.2) is 46.5 Å². The Labute approximate surface area is 143 Å². The van der Waals surface area contributed by atoms with Gasteiger partial charge < -0.3 is 4.74 Å². The minimum Gasteiger partial charge on any atom is -0.492 e. The van der Waals surface area contributed by atoms with Crippen LogP contribution in [-0.2, 0) is 9.57 Å². The van der Waals surface area contributed by atoms with Crippen molar-refractivity contribution in [1.82, 2.24) is 5.06 Å². The van der Waals surface area contributed by atoms with E-state index < -0.39 is 0 Å². The predicted octanol–water partition coefficient (Wildman–Crippen LogP) is 4.25. The second-order valence-electron chi connectivity index (χ2n) is 5.62. The van der Waals surface area contributed by atoms with E-state index in [1.807, 2.05) is 18.2 Å². The first kappa shape index (κ1) is 17.8. The van der Waals surface area contributed by atoms with E-state index in [0.29, 0.717) is 25.4 Å². The molecule has 0 spiro atoms. The Bertz CT molecular complexity index is 672. The molecule has 0 saturated heterocycles. The van der Waals surface area contributed by atoms with Gasteiger partial charge in [0.25, 0.3) is 0 Å². The maximum Gasteiger partial charge on any atom is 0.168 e. The fraction of sp³-hybridized carbons (Fsp3) is 0.474. The van der Waals surface area contributed by atoms with Gasteiger partial charge in [0, 0.05) is 5.57 Å². The minimum absolute atomic E-state index is 0.199. The van der Waals surface area contributed by atoms with E-state index in [0.717, 1.165) is 37.0 Å². The molecule has 24 heavy (non-hydrogen) atoms. The molecule has 1 aliphatic carbocycles. The van der Waals surface area contributed by atoms with Crippen molar-refractivity contribution < 1.29 is 9.57 Å². The maximum absolute atomic E-state index is 9.61. The Morgan fingerprint density at radius 2 is 1.88 bits per heavy atom. The summed E-state index contributed by atoms with van der Waals surface area (Å²) in [5.41, 5.74) is 2.15. The van der Waals surface area contributed by atoms with Gasteiger partial charge in [0.1, 0.15) is 23.5 Å². The number of hydrogen-bond acceptors (Lipinski definition) is 5. The Morgan fingerprint density at radius 3 is 2.54 bits per heavy atom. The van der Waals surface area contributed by atoms with Crippen LogP contribution in [0.5, 0.6) is 0 Å². The standard InChI is InChI=1S/C19H23N3O2/c1-3-5-11-23-19-15-9-7-8-10-17(15)22(24-12-6-4-2)18(14-21)16(19)13-20/h7-8,10H,3-6,9,11-12H2,1-2H3. The third-order valence-electron chi connectivity index (χ3n) is 3.86. The molecule has 0 saturated carbocycles. The van der Waals surface area contributed by atoms with Crippen LogP contribution in [0.4, 0.5) is 0 Å². The number of fused-ring (bicyclic) bond motifs is 1. The van der Waals surface area contributed by atoms with Crippen molar-refractivity contribution in [1.29, 1.82) is 10.5 Å². The Morgan fingerprint density at radius 1 is 1.12 bits per heavy atom. The topological polar surface area (TPSA) is 69.3 Å². The number of rotatable bonds is 8. The van der Waals surface area contributed by atoms with E-state index in [1.54, 1.807) is 0 Å². The van der Waals surface area contributed by atoms with Crippen LogP contribution in [0.25, 0.3) is 0 Å². The quantitative estimate of drug-likeness (QED) is 0.624. The summed E-state index contributed by atoms with van der Waals surface area (Å²) in [6.45, 7) is 5.20. The predicted molar refractivity (Wildman–Crippen MR) is 90.7 cm³/mol. The number of ether oxygens (including phenoxy) is 1. The monoisotopic (exact) mass is 325 g/mol. The Hall–Kier alpha value is -2.50. The molecule has 126 valence electrons. The molecule has 2 aliphatic rings. The van der Waals surface area contributed by atoms with Gasteiger partial charge >= 0.3 is 0 Å². The van der Waals surface area contributed by atoms with Crippen LogP contribution in [0.2, 0.25) is 0 Å². The zero-order chi connectivity index (χ0) is 17.4. The highest BCUT2D eigenvalue weighted by molar-refractivity contribution is 5.59. The van der Waals surface area contributed by atoms with Crippen molar-refractivity contribution in [3.05, 3.63) is 46.5 Å². The number of nitrogens with zero attached hydrogens (tertiary/aromatic N) is 3. The van der Waals surface area contributed by atoms with Crippen LogP contribution < -0.4 is 0 Å². The normalized spacial score (nSPS) is 16.5. The maximum atomic E-state index is 9.61. The highest BCUT2D eigenvalue weighted by Crippen LogP contribution is 2.38. The summed E-state index contributed by atoms with van der Waals surface area (Å²) in [5.74, 6) is 0.522. The van der Waals surface area contributed by atoms with Gasteiger partial charge in [-0.25, -0.2) is 5.06 Å². The number of nitriles is 2. The first-order chi connectivity index (χ1) is 11.8. The molecular formula is C19H23N3O2. The van der Waals surface area contributed by atoms with Crippen molar-refractivity contribution in [3.63, 3.8) is 0 Å². The molecular weight excluding hydrogens is 302 g/mol. The third kappa shape index (κ3) is 3.69. The smallest absolute Gasteiger partial charge is 0.168 e. The summed E-state index contributed by atoms with van der Waals surface area (Å²) in [6.07, 6.45) is 10.3. The molecule has 0 atom stereocenters. The van der Waals surface area contributed by atoms with E-state index in [-0.39, 0.29) is 11.3 Å². The molecule has 1 aliphatic heterocycles. The van der Waals surface area contributed by atoms with Gasteiger partial charge in [-0.2, -0.15) is 10.5 Å². The van der Waals surface area contributed by atoms with Crippen LogP contribution in [0, 0.1) is 22.7 Å². The van der Waals surface area contributed by atoms with E-state index in [2.05, 4.69) is 26.0 Å². The average molecular weight is 325 g/mol. The molecule has 5 heteroatoms. The number of hydrogen-bond donors (Lipinski definition) is 0. The molecule has 5 nitrogen and oxygen atoms in total. The lowest BCUT2D eigenvalue weighted by molar-refractivity contribution is -0.101. The molecule has 1 heterocycles. The summed E-state index contributed by atoms with van der Waals surface area (Å²) in [6, 6.07) is 4.25. The van der Waals surface area contributed by atoms with Gasteiger partial charge in [0.05, 0.1) is 18.9 Å². The molecule has 2 rings (SSSR count). The van der Waals surface area contributed by atoms with Crippen LogP contribution in [0.1, 0.15) is 46.0 Å². The summed E-state index contributed by atoms with van der Waals surface area (Å²) in [4.78, 5) is 5.81. The molecule has 0 unspecified atom stereocenters. The van der Waals surface area contributed by atoms with E-state index >= 15 is 0 Å². The molecule has 0 aromatic heterocycles. The lowest BCUT2D eigenvalue weighted by atomic mass is 9.94. The van der Waals surface area contributed by atoms with Gasteiger partial charge in [-0.05, 0) is 25.3 Å². The molecule has 0 bridgehead atoms. The first-order valence-corrected chi connectivity index (χ1v) is 8.49. The van der Waals surface area contributed by atoms with Gasteiger partial charge in [-0.1, -0.05) is 38.8 Å². The SMILES string of the molecule is CCCCOC1=C2CC=CC=C2N(OCCCC)C(C#N)=C1C#N. The lowest BCUT2D eigenvalue weighted by Crippen LogP contribution is -2.30. The largest absolute Gasteiger partial charge is 0.492 e. The van der Waals surface area contributed by atoms with E-state index in [1.165, 1.54) is 5.06 Å². The summed E-state index contributed by atoms with van der Waals surface area (Å²) in [5, 5.41) is 20.7. The highest BCUT2D eigenvalue weighted by Gasteiger charge is 2.33. The van der Waals surface area contributed by atoms with E-state index in [9.17, 15) is 10.5 Å². The Kier molecular flexibility index (Phi) is 6.66. The van der Waals surface area contributed by atoms with Crippen molar-refractivity contribution in [2.24, 2.45) is 0 Å². The average Bonchev–Trinajstić information content (AvgIpc) is 2.62. The molecule has 0 aromatic rings. The molecule has 0 fully saturated rings. The van der Waals surface area contributed by atoms with Crippen LogP contribution >= 0.6 is 0 Å². The highest BCUT2D eigenvalue weighted by atomic mass is 16.7. The van der Waals surface area contributed by atoms with Crippen molar-refractivity contribution in [3.8, 4) is 12.1 Å². The fourth-order valence-corrected chi connectivity index (χ4v) is 2.55. The number of hydroxylamine groups is 2. The van der Waals surface area contributed by atoms with Gasteiger partial charge in [-0.15, -0.1) is 0 Å². The van der Waals surface area contributed by atoms with Gasteiger partial charge in [0.15, 0.2) is 5.70 Å². The van der Waals surface area contributed by atoms with E-state index in [4.69, 9.17) is 9.57 Å². The molecule has 0 radical (unpaired) electrons. The van der Waals surface area contributed by atoms with Crippen LogP contribution in [0.3, 0.4) is 0 Å². The van der Waals surface area contributed by atoms with Crippen molar-refractivity contribution in [2.75, 3.05) is 13.2 Å². The second kappa shape index (κ2) is 8.96. The van der Waals surface area contributed by atoms with Crippen molar-refractivity contribution in [2.45, 2.75) is 46.0 Å². The number of allylic oxidation sites excluding steroid dienone is 6. The summed E-state index contributed by atoms with van der Waals surface area (Å²) in [7, 11) is 0. The Balaban J connectivity index is 2.42. The zero-order valence-corrected chi connectivity index (χ0v) is 14.3. The molecule has 0 amide bonds. The first-order valence-electron chi connectivity index (χ1n) is 8.49. The van der Waals surface area contributed by atoms with Crippen LogP contribution in [-0.4, -0.2) is 18.3 Å². The summed E-state index contributed by atoms with van der Waals surface area (Å²) >= 11 is 0. The third-order valence-corrected chi connectivity index (χ3v) is 3.86. The van der Waals surface area contributed by atoms with Gasteiger partial charge in [0.2, 0.25) is 0 Å². The zero-order valence-electron chi connectivity index (χ0n) is 14.3. The summed E-state index contributed by atoms with van der Waals surface area (Å²) < 4.78 is 5.89. The van der Waals surface area contributed by atoms with Gasteiger partial charge in [-0.3, -0.25) is 4.84 Å². The lowest BCUT2D eigenvalue weighted by Gasteiger charge is -2.33. The fourth-order valence-electron chi connectivity index (χ4n) is 2.55. The second-order valence-corrected chi connectivity index (χ2v) is 5.62. The molecule has 0 N–H and O–H groups in total.